The van der Waals surface area contributed by atoms with Gasteiger partial charge in [0.05, 0.1) is 17.7 Å². The molecule has 102 valence electrons. The molecule has 3 aromatic rings. The average molecular weight is 268 g/mol. The molecular weight excluding hydrogens is 252 g/mol. The number of benzene rings is 1. The molecule has 4 nitrogen and oxygen atoms in total. The summed E-state index contributed by atoms with van der Waals surface area (Å²) in [6.45, 7) is 2.05. The Morgan fingerprint density at radius 1 is 1.35 bits per heavy atom. The fraction of sp³-hybridized carbons (Fsp3) is 0.250. The Morgan fingerprint density at radius 2 is 2.15 bits per heavy atom. The number of fused-ring (bicyclic) bond motifs is 1. The molecule has 4 heteroatoms. The predicted octanol–water partition coefficient (Wildman–Crippen LogP) is 3.15. The van der Waals surface area contributed by atoms with Crippen molar-refractivity contribution in [2.75, 3.05) is 0 Å². The van der Waals surface area contributed by atoms with Crippen LogP contribution in [0.5, 0.6) is 0 Å². The van der Waals surface area contributed by atoms with Crippen LogP contribution in [0.4, 0.5) is 0 Å². The van der Waals surface area contributed by atoms with Gasteiger partial charge in [0.2, 0.25) is 0 Å². The summed E-state index contributed by atoms with van der Waals surface area (Å²) in [5.74, 6) is 0.0561. The third kappa shape index (κ3) is 2.13. The van der Waals surface area contributed by atoms with E-state index in [1.165, 1.54) is 0 Å². The third-order valence-corrected chi connectivity index (χ3v) is 3.51. The molecular formula is C16H16N2O2. The van der Waals surface area contributed by atoms with Gasteiger partial charge in [-0.3, -0.25) is 9.48 Å². The number of para-hydroxylation sites is 1. The minimum Gasteiger partial charge on any atom is -0.464 e. The van der Waals surface area contributed by atoms with E-state index >= 15 is 0 Å². The Balaban J connectivity index is 1.91. The highest BCUT2D eigenvalue weighted by Crippen LogP contribution is 2.22. The Morgan fingerprint density at radius 3 is 2.90 bits per heavy atom. The number of hydrogen-bond donors (Lipinski definition) is 0. The van der Waals surface area contributed by atoms with Crippen molar-refractivity contribution >= 4 is 16.8 Å². The summed E-state index contributed by atoms with van der Waals surface area (Å²) in [7, 11) is 1.87. The standard InChI is InChI=1S/C16H16N2O2/c1-3-11-8-12(18(2)17-11)9-15(19)14-10-20-16-7-5-4-6-13(14)16/h4-8,10H,3,9H2,1-2H3. The molecule has 2 aromatic heterocycles. The molecule has 0 aliphatic rings. The van der Waals surface area contributed by atoms with Gasteiger partial charge in [0.25, 0.3) is 0 Å². The summed E-state index contributed by atoms with van der Waals surface area (Å²) in [6.07, 6.45) is 2.76. The van der Waals surface area contributed by atoms with Crippen LogP contribution in [-0.2, 0) is 19.9 Å². The van der Waals surface area contributed by atoms with E-state index in [-0.39, 0.29) is 5.78 Å². The van der Waals surface area contributed by atoms with Crippen molar-refractivity contribution in [3.8, 4) is 0 Å². The van der Waals surface area contributed by atoms with Gasteiger partial charge in [-0.1, -0.05) is 25.1 Å². The van der Waals surface area contributed by atoms with Crippen LogP contribution in [-0.4, -0.2) is 15.6 Å². The summed E-state index contributed by atoms with van der Waals surface area (Å²) in [5.41, 5.74) is 3.32. The van der Waals surface area contributed by atoms with Gasteiger partial charge in [-0.2, -0.15) is 5.10 Å². The number of carbonyl (C=O) groups excluding carboxylic acids is 1. The Kier molecular flexibility index (Phi) is 3.14. The monoisotopic (exact) mass is 268 g/mol. The van der Waals surface area contributed by atoms with E-state index < -0.39 is 0 Å². The van der Waals surface area contributed by atoms with Gasteiger partial charge in [0.1, 0.15) is 11.8 Å². The minimum absolute atomic E-state index is 0.0561. The number of Topliss-reactive ketones (excluding diaryl/α,β-unsaturated/α-hetero) is 1. The molecule has 0 N–H and O–H groups in total. The lowest BCUT2D eigenvalue weighted by atomic mass is 10.1. The number of hydrogen-bond acceptors (Lipinski definition) is 3. The fourth-order valence-electron chi connectivity index (χ4n) is 2.36. The third-order valence-electron chi connectivity index (χ3n) is 3.51. The van der Waals surface area contributed by atoms with Crippen molar-refractivity contribution in [1.82, 2.24) is 9.78 Å². The van der Waals surface area contributed by atoms with E-state index in [1.807, 2.05) is 37.4 Å². The highest BCUT2D eigenvalue weighted by Gasteiger charge is 2.16. The number of carbonyl (C=O) groups is 1. The summed E-state index contributed by atoms with van der Waals surface area (Å²) >= 11 is 0. The molecule has 0 fully saturated rings. The van der Waals surface area contributed by atoms with E-state index in [0.29, 0.717) is 12.0 Å². The Bertz CT molecular complexity index is 768. The largest absolute Gasteiger partial charge is 0.464 e. The van der Waals surface area contributed by atoms with Crippen LogP contribution in [0.1, 0.15) is 28.7 Å². The molecule has 0 saturated heterocycles. The van der Waals surface area contributed by atoms with Crippen LogP contribution in [0.15, 0.2) is 41.0 Å². The van der Waals surface area contributed by atoms with Gasteiger partial charge in [-0.15, -0.1) is 0 Å². The first kappa shape index (κ1) is 12.7. The smallest absolute Gasteiger partial charge is 0.172 e. The fourth-order valence-corrected chi connectivity index (χ4v) is 2.36. The molecule has 0 amide bonds. The summed E-state index contributed by atoms with van der Waals surface area (Å²) < 4.78 is 7.20. The lowest BCUT2D eigenvalue weighted by Crippen LogP contribution is -2.07. The SMILES string of the molecule is CCc1cc(CC(=O)c2coc3ccccc23)n(C)n1. The normalized spacial score (nSPS) is 11.1. The van der Waals surface area contributed by atoms with Crippen LogP contribution in [0.3, 0.4) is 0 Å². The van der Waals surface area contributed by atoms with Crippen molar-refractivity contribution in [2.45, 2.75) is 19.8 Å². The molecule has 1 aromatic carbocycles. The molecule has 0 aliphatic carbocycles. The van der Waals surface area contributed by atoms with Gasteiger partial charge in [0, 0.05) is 18.1 Å². The maximum atomic E-state index is 12.4. The molecule has 0 bridgehead atoms. The van der Waals surface area contributed by atoms with Crippen LogP contribution >= 0.6 is 0 Å². The number of nitrogens with zero attached hydrogens (tertiary/aromatic N) is 2. The highest BCUT2D eigenvalue weighted by atomic mass is 16.3. The zero-order valence-corrected chi connectivity index (χ0v) is 11.6. The van der Waals surface area contributed by atoms with E-state index in [2.05, 4.69) is 12.0 Å². The van der Waals surface area contributed by atoms with Crippen LogP contribution in [0.25, 0.3) is 11.0 Å². The van der Waals surface area contributed by atoms with Crippen LogP contribution < -0.4 is 0 Å². The second kappa shape index (κ2) is 4.96. The Labute approximate surface area is 117 Å². The van der Waals surface area contributed by atoms with Crippen LogP contribution in [0, 0.1) is 0 Å². The first-order valence-electron chi connectivity index (χ1n) is 6.70. The van der Waals surface area contributed by atoms with E-state index in [4.69, 9.17) is 4.42 Å². The first-order valence-corrected chi connectivity index (χ1v) is 6.70. The molecule has 0 unspecified atom stereocenters. The molecule has 0 atom stereocenters. The number of ketones is 1. The van der Waals surface area contributed by atoms with E-state index in [9.17, 15) is 4.79 Å². The minimum atomic E-state index is 0.0561. The van der Waals surface area contributed by atoms with Crippen LogP contribution in [0.2, 0.25) is 0 Å². The van der Waals surface area contributed by atoms with Crippen molar-refractivity contribution in [1.29, 1.82) is 0 Å². The van der Waals surface area contributed by atoms with Crippen molar-refractivity contribution < 1.29 is 9.21 Å². The summed E-state index contributed by atoms with van der Waals surface area (Å²) in [4.78, 5) is 12.4. The molecule has 0 radical (unpaired) electrons. The summed E-state index contributed by atoms with van der Waals surface area (Å²) in [5, 5.41) is 5.24. The lowest BCUT2D eigenvalue weighted by molar-refractivity contribution is 0.0991. The first-order chi connectivity index (χ1) is 9.69. The molecule has 0 saturated carbocycles. The molecule has 20 heavy (non-hydrogen) atoms. The molecule has 3 rings (SSSR count). The topological polar surface area (TPSA) is 48.0 Å². The second-order valence-electron chi connectivity index (χ2n) is 4.85. The van der Waals surface area contributed by atoms with Gasteiger partial charge >= 0.3 is 0 Å². The van der Waals surface area contributed by atoms with E-state index in [0.717, 1.165) is 28.8 Å². The predicted molar refractivity (Wildman–Crippen MR) is 76.8 cm³/mol. The number of rotatable bonds is 4. The zero-order chi connectivity index (χ0) is 14.1. The molecule has 2 heterocycles. The summed E-state index contributed by atoms with van der Waals surface area (Å²) in [6, 6.07) is 9.57. The second-order valence-corrected chi connectivity index (χ2v) is 4.85. The van der Waals surface area contributed by atoms with E-state index in [1.54, 1.807) is 10.9 Å². The quantitative estimate of drug-likeness (QED) is 0.683. The molecule has 0 spiro atoms. The van der Waals surface area contributed by atoms with Crippen molar-refractivity contribution in [3.63, 3.8) is 0 Å². The maximum absolute atomic E-state index is 12.4. The van der Waals surface area contributed by atoms with Gasteiger partial charge in [-0.25, -0.2) is 0 Å². The number of aryl methyl sites for hydroxylation is 2. The maximum Gasteiger partial charge on any atom is 0.172 e. The van der Waals surface area contributed by atoms with Crippen molar-refractivity contribution in [3.05, 3.63) is 53.5 Å². The average Bonchev–Trinajstić information content (AvgIpc) is 3.03. The Hall–Kier alpha value is -2.36. The van der Waals surface area contributed by atoms with Gasteiger partial charge in [-0.05, 0) is 18.6 Å². The van der Waals surface area contributed by atoms with Gasteiger partial charge in [0.15, 0.2) is 5.78 Å². The lowest BCUT2D eigenvalue weighted by Gasteiger charge is -2.00. The highest BCUT2D eigenvalue weighted by molar-refractivity contribution is 6.07. The number of aromatic nitrogens is 2. The van der Waals surface area contributed by atoms with Crippen molar-refractivity contribution in [2.24, 2.45) is 7.05 Å². The van der Waals surface area contributed by atoms with Gasteiger partial charge < -0.3 is 4.42 Å². The number of furan rings is 1. The zero-order valence-electron chi connectivity index (χ0n) is 11.6. The molecule has 0 aliphatic heterocycles.